The zero-order valence-corrected chi connectivity index (χ0v) is 8.63. The first kappa shape index (κ1) is 11.7. The van der Waals surface area contributed by atoms with Crippen LogP contribution in [0.2, 0.25) is 0 Å². The number of halogens is 1. The first-order valence-corrected chi connectivity index (χ1v) is 5.56. The average molecular weight is 231 g/mol. The van der Waals surface area contributed by atoms with Crippen molar-refractivity contribution in [2.24, 2.45) is 5.14 Å². The Balaban J connectivity index is 3.03. The van der Waals surface area contributed by atoms with Gasteiger partial charge in [0.2, 0.25) is 10.0 Å². The van der Waals surface area contributed by atoms with Gasteiger partial charge in [-0.1, -0.05) is 12.7 Å². The summed E-state index contributed by atoms with van der Waals surface area (Å²) in [6.07, 6.45) is 1.45. The summed E-state index contributed by atoms with van der Waals surface area (Å²) in [5, 5.41) is 4.82. The summed E-state index contributed by atoms with van der Waals surface area (Å²) in [6, 6.07) is 3.20. The van der Waals surface area contributed by atoms with E-state index in [-0.39, 0.29) is 17.3 Å². The fourth-order valence-electron chi connectivity index (χ4n) is 0.924. The van der Waals surface area contributed by atoms with E-state index in [2.05, 4.69) is 6.58 Å². The van der Waals surface area contributed by atoms with E-state index in [9.17, 15) is 12.8 Å². The van der Waals surface area contributed by atoms with Crippen LogP contribution >= 0.6 is 0 Å². The van der Waals surface area contributed by atoms with Gasteiger partial charge in [-0.25, -0.2) is 17.9 Å². The minimum Gasteiger partial charge on any atom is -0.486 e. The lowest BCUT2D eigenvalue weighted by atomic mass is 10.3. The molecule has 1 rings (SSSR count). The van der Waals surface area contributed by atoms with Crippen molar-refractivity contribution in [3.63, 3.8) is 0 Å². The summed E-state index contributed by atoms with van der Waals surface area (Å²) in [4.78, 5) is -0.286. The van der Waals surface area contributed by atoms with Gasteiger partial charge in [0.15, 0.2) is 11.6 Å². The zero-order valence-electron chi connectivity index (χ0n) is 7.81. The second kappa shape index (κ2) is 4.41. The molecule has 1 aromatic rings. The molecule has 0 aromatic heterocycles. The van der Waals surface area contributed by atoms with Gasteiger partial charge in [0.1, 0.15) is 6.61 Å². The third-order valence-corrected chi connectivity index (χ3v) is 2.50. The van der Waals surface area contributed by atoms with Gasteiger partial charge in [0.05, 0.1) is 4.90 Å². The Kier molecular flexibility index (Phi) is 3.43. The quantitative estimate of drug-likeness (QED) is 0.787. The van der Waals surface area contributed by atoms with Gasteiger partial charge < -0.3 is 4.74 Å². The second-order valence-electron chi connectivity index (χ2n) is 2.74. The molecule has 0 radical (unpaired) electrons. The molecular weight excluding hydrogens is 221 g/mol. The molecular formula is C9H10FNO3S. The number of primary sulfonamides is 1. The highest BCUT2D eigenvalue weighted by molar-refractivity contribution is 7.89. The monoisotopic (exact) mass is 231 g/mol. The summed E-state index contributed by atoms with van der Waals surface area (Å²) >= 11 is 0. The summed E-state index contributed by atoms with van der Waals surface area (Å²) < 4.78 is 39.9. The van der Waals surface area contributed by atoms with Crippen LogP contribution in [-0.2, 0) is 10.0 Å². The lowest BCUT2D eigenvalue weighted by Crippen LogP contribution is -2.12. The van der Waals surface area contributed by atoms with E-state index in [4.69, 9.17) is 9.88 Å². The fraction of sp³-hybridized carbons (Fsp3) is 0.111. The van der Waals surface area contributed by atoms with E-state index >= 15 is 0 Å². The summed E-state index contributed by atoms with van der Waals surface area (Å²) in [5.41, 5.74) is 0. The molecule has 0 atom stereocenters. The van der Waals surface area contributed by atoms with Crippen molar-refractivity contribution in [3.05, 3.63) is 36.7 Å². The van der Waals surface area contributed by atoms with Crippen LogP contribution in [0.3, 0.4) is 0 Å². The molecule has 15 heavy (non-hydrogen) atoms. The molecule has 4 nitrogen and oxygen atoms in total. The predicted octanol–water partition coefficient (Wildman–Crippen LogP) is 1.04. The van der Waals surface area contributed by atoms with Crippen molar-refractivity contribution >= 4 is 10.0 Å². The molecule has 0 saturated heterocycles. The molecule has 0 heterocycles. The normalized spacial score (nSPS) is 11.1. The smallest absolute Gasteiger partial charge is 0.238 e. The summed E-state index contributed by atoms with van der Waals surface area (Å²) in [6.45, 7) is 3.54. The molecule has 0 unspecified atom stereocenters. The molecule has 6 heteroatoms. The van der Waals surface area contributed by atoms with Crippen molar-refractivity contribution in [3.8, 4) is 5.75 Å². The molecule has 0 aliphatic rings. The topological polar surface area (TPSA) is 69.4 Å². The van der Waals surface area contributed by atoms with Crippen molar-refractivity contribution < 1.29 is 17.5 Å². The molecule has 2 N–H and O–H groups in total. The number of hydrogen-bond donors (Lipinski definition) is 1. The zero-order chi connectivity index (χ0) is 11.5. The van der Waals surface area contributed by atoms with Crippen LogP contribution in [0.25, 0.3) is 0 Å². The lowest BCUT2D eigenvalue weighted by molar-refractivity contribution is 0.341. The molecule has 1 aromatic carbocycles. The van der Waals surface area contributed by atoms with Crippen LogP contribution in [0.1, 0.15) is 0 Å². The SMILES string of the molecule is C=CCOc1ccc(S(N)(=O)=O)cc1F. The minimum atomic E-state index is -3.88. The molecule has 0 amide bonds. The maximum atomic E-state index is 13.2. The van der Waals surface area contributed by atoms with Crippen molar-refractivity contribution in [2.75, 3.05) is 6.61 Å². The van der Waals surface area contributed by atoms with E-state index in [0.717, 1.165) is 6.07 Å². The number of rotatable bonds is 4. The Morgan fingerprint density at radius 1 is 1.53 bits per heavy atom. The Hall–Kier alpha value is -1.40. The first-order valence-electron chi connectivity index (χ1n) is 4.01. The Morgan fingerprint density at radius 2 is 2.20 bits per heavy atom. The fourth-order valence-corrected chi connectivity index (χ4v) is 1.45. The van der Waals surface area contributed by atoms with E-state index in [0.29, 0.717) is 0 Å². The lowest BCUT2D eigenvalue weighted by Gasteiger charge is -2.05. The van der Waals surface area contributed by atoms with Gasteiger partial charge in [-0.3, -0.25) is 0 Å². The van der Waals surface area contributed by atoms with Gasteiger partial charge in [-0.2, -0.15) is 0 Å². The van der Waals surface area contributed by atoms with Crippen LogP contribution in [0.4, 0.5) is 4.39 Å². The largest absolute Gasteiger partial charge is 0.486 e. The molecule has 0 aliphatic carbocycles. The summed E-state index contributed by atoms with van der Waals surface area (Å²) in [7, 11) is -3.88. The standard InChI is InChI=1S/C9H10FNO3S/c1-2-5-14-9-4-3-7(6-8(9)10)15(11,12)13/h2-4,6H,1,5H2,(H2,11,12,13). The second-order valence-corrected chi connectivity index (χ2v) is 4.30. The number of sulfonamides is 1. The van der Waals surface area contributed by atoms with E-state index in [1.807, 2.05) is 0 Å². The van der Waals surface area contributed by atoms with Crippen LogP contribution in [0.15, 0.2) is 35.7 Å². The highest BCUT2D eigenvalue weighted by Crippen LogP contribution is 2.20. The third kappa shape index (κ3) is 3.03. The predicted molar refractivity (Wildman–Crippen MR) is 53.5 cm³/mol. The summed E-state index contributed by atoms with van der Waals surface area (Å²) in [5.74, 6) is -0.814. The van der Waals surface area contributed by atoms with Gasteiger partial charge in [-0.05, 0) is 18.2 Å². The minimum absolute atomic E-state index is 0.0395. The molecule has 82 valence electrons. The third-order valence-electron chi connectivity index (χ3n) is 1.59. The maximum Gasteiger partial charge on any atom is 0.238 e. The average Bonchev–Trinajstić information content (AvgIpc) is 2.14. The van der Waals surface area contributed by atoms with Gasteiger partial charge >= 0.3 is 0 Å². The van der Waals surface area contributed by atoms with Crippen molar-refractivity contribution in [1.29, 1.82) is 0 Å². The molecule has 0 fully saturated rings. The highest BCUT2D eigenvalue weighted by atomic mass is 32.2. The number of hydrogen-bond acceptors (Lipinski definition) is 3. The van der Waals surface area contributed by atoms with Crippen LogP contribution in [0.5, 0.6) is 5.75 Å². The van der Waals surface area contributed by atoms with Gasteiger partial charge in [0.25, 0.3) is 0 Å². The van der Waals surface area contributed by atoms with Gasteiger partial charge in [0, 0.05) is 0 Å². The maximum absolute atomic E-state index is 13.2. The Morgan fingerprint density at radius 3 is 2.67 bits per heavy atom. The highest BCUT2D eigenvalue weighted by Gasteiger charge is 2.11. The van der Waals surface area contributed by atoms with Crippen LogP contribution < -0.4 is 9.88 Å². The number of ether oxygens (including phenoxy) is 1. The van der Waals surface area contributed by atoms with Crippen molar-refractivity contribution in [2.45, 2.75) is 4.90 Å². The Bertz CT molecular complexity index is 470. The van der Waals surface area contributed by atoms with Crippen molar-refractivity contribution in [1.82, 2.24) is 0 Å². The molecule has 0 spiro atoms. The van der Waals surface area contributed by atoms with Gasteiger partial charge in [-0.15, -0.1) is 0 Å². The number of benzene rings is 1. The molecule has 0 saturated carbocycles. The van der Waals surface area contributed by atoms with E-state index in [1.165, 1.54) is 18.2 Å². The molecule has 0 aliphatic heterocycles. The van der Waals surface area contributed by atoms with E-state index < -0.39 is 15.8 Å². The van der Waals surface area contributed by atoms with E-state index in [1.54, 1.807) is 0 Å². The van der Waals surface area contributed by atoms with Crippen LogP contribution in [-0.4, -0.2) is 15.0 Å². The number of nitrogens with two attached hydrogens (primary N) is 1. The first-order chi connectivity index (χ1) is 6.95. The van der Waals surface area contributed by atoms with Crippen LogP contribution in [0, 0.1) is 5.82 Å². The molecule has 0 bridgehead atoms. The Labute approximate surface area is 87.2 Å².